The maximum Gasteiger partial charge on any atom is 0.250 e. The highest BCUT2D eigenvalue weighted by atomic mass is 16.5. The number of hydrogen-bond donors (Lipinski definition) is 3. The summed E-state index contributed by atoms with van der Waals surface area (Å²) in [7, 11) is 1.59. The van der Waals surface area contributed by atoms with E-state index in [0.717, 1.165) is 44.5 Å². The van der Waals surface area contributed by atoms with Crippen molar-refractivity contribution in [2.24, 2.45) is 11.8 Å². The zero-order valence-corrected chi connectivity index (χ0v) is 23.3. The third-order valence-corrected chi connectivity index (χ3v) is 9.03. The molecule has 4 rings (SSSR count). The number of likely N-dealkylation sites (tertiary alicyclic amines) is 1. The molecule has 0 aliphatic carbocycles. The number of nitrogens with zero attached hydrogens (tertiary/aromatic N) is 2. The molecule has 0 aromatic heterocycles. The highest BCUT2D eigenvalue weighted by Crippen LogP contribution is 2.64. The summed E-state index contributed by atoms with van der Waals surface area (Å²) in [5, 5.41) is 14.9. The molecule has 1 aromatic rings. The van der Waals surface area contributed by atoms with E-state index in [0.29, 0.717) is 31.5 Å². The SMILES string of the molecule is CCN(CC)c1ccc(NC(=O)C2N(CCCCCCO)C(=O)[C@@H]3[C@H](C(=O)NC)[C@]4(CC)CCC23O4)cc1. The zero-order chi connectivity index (χ0) is 27.5. The van der Waals surface area contributed by atoms with Crippen molar-refractivity contribution in [2.45, 2.75) is 83.0 Å². The molecule has 3 amide bonds. The lowest BCUT2D eigenvalue weighted by Gasteiger charge is -2.33. The van der Waals surface area contributed by atoms with Crippen LogP contribution in [0.4, 0.5) is 11.4 Å². The van der Waals surface area contributed by atoms with Crippen molar-refractivity contribution in [3.63, 3.8) is 0 Å². The Kier molecular flexibility index (Phi) is 8.67. The fourth-order valence-corrected chi connectivity index (χ4v) is 7.12. The van der Waals surface area contributed by atoms with Gasteiger partial charge in [0.05, 0.1) is 17.4 Å². The van der Waals surface area contributed by atoms with Crippen molar-refractivity contribution in [3.05, 3.63) is 24.3 Å². The molecule has 210 valence electrons. The molecule has 38 heavy (non-hydrogen) atoms. The van der Waals surface area contributed by atoms with E-state index in [1.54, 1.807) is 11.9 Å². The third kappa shape index (κ3) is 4.68. The van der Waals surface area contributed by atoms with E-state index in [2.05, 4.69) is 29.4 Å². The van der Waals surface area contributed by atoms with Crippen molar-refractivity contribution >= 4 is 29.1 Å². The van der Waals surface area contributed by atoms with Crippen LogP contribution in [0.25, 0.3) is 0 Å². The van der Waals surface area contributed by atoms with Crippen LogP contribution in [0.1, 0.15) is 65.7 Å². The molecule has 5 atom stereocenters. The van der Waals surface area contributed by atoms with Crippen LogP contribution in [0.3, 0.4) is 0 Å². The lowest BCUT2D eigenvalue weighted by Crippen LogP contribution is -2.53. The molecule has 2 bridgehead atoms. The van der Waals surface area contributed by atoms with Gasteiger partial charge in [-0.15, -0.1) is 0 Å². The predicted octanol–water partition coefficient (Wildman–Crippen LogP) is 2.92. The largest absolute Gasteiger partial charge is 0.396 e. The second-order valence-corrected chi connectivity index (χ2v) is 10.8. The minimum Gasteiger partial charge on any atom is -0.396 e. The highest BCUT2D eigenvalue weighted by Gasteiger charge is 2.78. The van der Waals surface area contributed by atoms with Gasteiger partial charge in [0.2, 0.25) is 17.7 Å². The Morgan fingerprint density at radius 1 is 1.05 bits per heavy atom. The number of carbonyl (C=O) groups is 3. The van der Waals surface area contributed by atoms with E-state index in [1.165, 1.54) is 0 Å². The number of unbranched alkanes of at least 4 members (excludes halogenated alkanes) is 3. The summed E-state index contributed by atoms with van der Waals surface area (Å²) < 4.78 is 6.73. The Hall–Kier alpha value is -2.65. The van der Waals surface area contributed by atoms with Crippen molar-refractivity contribution in [3.8, 4) is 0 Å². The standard InChI is InChI=1S/C29H44N4O5/c1-5-28-16-17-29(38-28)23(22(28)25(35)30-4)27(37)33(18-10-8-9-11-19-34)24(29)26(36)31-20-12-14-21(15-13-20)32(6-2)7-3/h12-15,22-24,34H,5-11,16-19H2,1-4H3,(H,30,35)(H,31,36)/t22-,23+,24?,28+,29?/m1/s1. The molecule has 2 unspecified atom stereocenters. The van der Waals surface area contributed by atoms with Crippen LogP contribution in [0, 0.1) is 11.8 Å². The van der Waals surface area contributed by atoms with Crippen molar-refractivity contribution in [2.75, 3.05) is 43.5 Å². The molecule has 3 aliphatic heterocycles. The average Bonchev–Trinajstić information content (AvgIpc) is 3.53. The first-order valence-electron chi connectivity index (χ1n) is 14.3. The van der Waals surface area contributed by atoms with Crippen LogP contribution in [-0.2, 0) is 19.1 Å². The van der Waals surface area contributed by atoms with Gasteiger partial charge in [0.1, 0.15) is 11.6 Å². The van der Waals surface area contributed by atoms with Gasteiger partial charge in [-0.3, -0.25) is 14.4 Å². The van der Waals surface area contributed by atoms with Gasteiger partial charge in [0, 0.05) is 44.7 Å². The number of carbonyl (C=O) groups excluding carboxylic acids is 3. The number of benzene rings is 1. The summed E-state index contributed by atoms with van der Waals surface area (Å²) >= 11 is 0. The maximum atomic E-state index is 14.0. The van der Waals surface area contributed by atoms with Crippen LogP contribution in [0.2, 0.25) is 0 Å². The average molecular weight is 529 g/mol. The summed E-state index contributed by atoms with van der Waals surface area (Å²) in [4.78, 5) is 45.0. The highest BCUT2D eigenvalue weighted by molar-refractivity contribution is 6.03. The van der Waals surface area contributed by atoms with E-state index in [9.17, 15) is 14.4 Å². The van der Waals surface area contributed by atoms with Crippen molar-refractivity contribution in [1.29, 1.82) is 0 Å². The van der Waals surface area contributed by atoms with Gasteiger partial charge in [-0.25, -0.2) is 0 Å². The van der Waals surface area contributed by atoms with Gasteiger partial charge in [0.15, 0.2) is 0 Å². The monoisotopic (exact) mass is 528 g/mol. The summed E-state index contributed by atoms with van der Waals surface area (Å²) in [6.07, 6.45) is 4.98. The topological polar surface area (TPSA) is 111 Å². The molecule has 0 saturated carbocycles. The van der Waals surface area contributed by atoms with E-state index in [-0.39, 0.29) is 24.3 Å². The molecule has 9 nitrogen and oxygen atoms in total. The number of rotatable bonds is 13. The fraction of sp³-hybridized carbons (Fsp3) is 0.690. The summed E-state index contributed by atoms with van der Waals surface area (Å²) in [6.45, 7) is 8.56. The van der Waals surface area contributed by atoms with E-state index >= 15 is 0 Å². The molecule has 0 radical (unpaired) electrons. The second-order valence-electron chi connectivity index (χ2n) is 10.8. The number of anilines is 2. The molecular weight excluding hydrogens is 484 g/mol. The number of nitrogens with one attached hydrogen (secondary N) is 2. The molecular formula is C29H44N4O5. The van der Waals surface area contributed by atoms with E-state index in [1.807, 2.05) is 31.2 Å². The normalized spacial score (nSPS) is 29.4. The molecule has 3 fully saturated rings. The van der Waals surface area contributed by atoms with E-state index in [4.69, 9.17) is 9.84 Å². The molecule has 3 aliphatic rings. The van der Waals surface area contributed by atoms with Gasteiger partial charge in [-0.2, -0.15) is 0 Å². The first-order valence-corrected chi connectivity index (χ1v) is 14.3. The van der Waals surface area contributed by atoms with Gasteiger partial charge in [0.25, 0.3) is 0 Å². The minimum atomic E-state index is -1.01. The number of ether oxygens (including phenoxy) is 1. The lowest BCUT2D eigenvalue weighted by atomic mass is 9.65. The van der Waals surface area contributed by atoms with Crippen LogP contribution >= 0.6 is 0 Å². The van der Waals surface area contributed by atoms with Gasteiger partial charge >= 0.3 is 0 Å². The molecule has 1 aromatic carbocycles. The van der Waals surface area contributed by atoms with Gasteiger partial charge in [-0.05, 0) is 70.2 Å². The minimum absolute atomic E-state index is 0.146. The summed E-state index contributed by atoms with van der Waals surface area (Å²) in [5.74, 6) is -1.90. The van der Waals surface area contributed by atoms with Crippen LogP contribution in [0.15, 0.2) is 24.3 Å². The number of aliphatic hydroxyl groups excluding tert-OH is 1. The first kappa shape index (κ1) is 28.4. The number of hydrogen-bond acceptors (Lipinski definition) is 6. The predicted molar refractivity (Wildman–Crippen MR) is 147 cm³/mol. The van der Waals surface area contributed by atoms with E-state index < -0.39 is 29.1 Å². The fourth-order valence-electron chi connectivity index (χ4n) is 7.12. The number of aliphatic hydroxyl groups is 1. The third-order valence-electron chi connectivity index (χ3n) is 9.03. The van der Waals surface area contributed by atoms with Crippen molar-refractivity contribution in [1.82, 2.24) is 10.2 Å². The lowest BCUT2D eigenvalue weighted by molar-refractivity contribution is -0.145. The molecule has 9 heteroatoms. The van der Waals surface area contributed by atoms with Gasteiger partial charge < -0.3 is 30.3 Å². The number of fused-ring (bicyclic) bond motifs is 1. The van der Waals surface area contributed by atoms with Gasteiger partial charge in [-0.1, -0.05) is 19.8 Å². The molecule has 3 saturated heterocycles. The van der Waals surface area contributed by atoms with Crippen molar-refractivity contribution < 1.29 is 24.2 Å². The molecule has 1 spiro atoms. The van der Waals surface area contributed by atoms with Crippen LogP contribution in [0.5, 0.6) is 0 Å². The summed E-state index contributed by atoms with van der Waals surface area (Å²) in [5.41, 5.74) is 0.0167. The Labute approximate surface area is 226 Å². The molecule has 3 heterocycles. The quantitative estimate of drug-likeness (QED) is 0.340. The Balaban J connectivity index is 1.63. The maximum absolute atomic E-state index is 14.0. The first-order chi connectivity index (χ1) is 18.3. The Bertz CT molecular complexity index is 1010. The Morgan fingerprint density at radius 3 is 2.34 bits per heavy atom. The Morgan fingerprint density at radius 2 is 1.74 bits per heavy atom. The summed E-state index contributed by atoms with van der Waals surface area (Å²) in [6, 6.07) is 6.97. The zero-order valence-electron chi connectivity index (χ0n) is 23.3. The second kappa shape index (κ2) is 11.6. The smallest absolute Gasteiger partial charge is 0.250 e. The van der Waals surface area contributed by atoms with Crippen LogP contribution < -0.4 is 15.5 Å². The molecule has 3 N–H and O–H groups in total. The van der Waals surface area contributed by atoms with Crippen LogP contribution in [-0.4, -0.2) is 78.3 Å². The number of amides is 3.